The first-order chi connectivity index (χ1) is 21.1. The van der Waals surface area contributed by atoms with Crippen LogP contribution in [-0.2, 0) is 6.42 Å². The highest BCUT2D eigenvalue weighted by Gasteiger charge is 2.22. The quantitative estimate of drug-likeness (QED) is 0.114. The molecule has 1 aliphatic heterocycles. The lowest BCUT2D eigenvalue weighted by Gasteiger charge is -2.31. The van der Waals surface area contributed by atoms with Gasteiger partial charge in [-0.15, -0.1) is 0 Å². The summed E-state index contributed by atoms with van der Waals surface area (Å²) in [6, 6.07) is 13.7. The molecule has 1 fully saturated rings. The van der Waals surface area contributed by atoms with Crippen molar-refractivity contribution < 1.29 is 4.39 Å². The van der Waals surface area contributed by atoms with E-state index in [1.807, 2.05) is 31.2 Å². The van der Waals surface area contributed by atoms with Crippen LogP contribution in [0.5, 0.6) is 0 Å². The third-order valence-electron chi connectivity index (χ3n) is 8.43. The first kappa shape index (κ1) is 31.9. The van der Waals surface area contributed by atoms with E-state index in [4.69, 9.17) is 23.1 Å². The average molecular weight is 620 g/mol. The SMILES string of the molecule is CC(C)CCCc1cc(Cl)c(F)c(-c2cc3cn(-c4ccc([C@@H]5CCC[C@@H](CCN=C(N)[C@H](C)N)N5)cc4)c(=O)nc3[nH]2)c1. The monoisotopic (exact) mass is 619 g/mol. The Bertz CT molecular complexity index is 1680. The molecule has 4 aromatic rings. The van der Waals surface area contributed by atoms with Gasteiger partial charge >= 0.3 is 5.69 Å². The van der Waals surface area contributed by atoms with Gasteiger partial charge in [-0.1, -0.05) is 50.4 Å². The number of hydrogen-bond acceptors (Lipinski definition) is 5. The van der Waals surface area contributed by atoms with E-state index in [1.165, 1.54) is 10.1 Å². The van der Waals surface area contributed by atoms with E-state index >= 15 is 4.39 Å². The van der Waals surface area contributed by atoms with Crippen LogP contribution in [0.25, 0.3) is 28.0 Å². The fourth-order valence-electron chi connectivity index (χ4n) is 5.90. The van der Waals surface area contributed by atoms with Crippen molar-refractivity contribution in [3.05, 3.63) is 81.1 Å². The molecule has 0 saturated carbocycles. The molecule has 6 N–H and O–H groups in total. The number of aryl methyl sites for hydroxylation is 1. The molecule has 8 nitrogen and oxygen atoms in total. The number of H-pyrrole nitrogens is 1. The first-order valence-electron chi connectivity index (χ1n) is 15.6. The number of aromatic amines is 1. The van der Waals surface area contributed by atoms with E-state index in [0.717, 1.165) is 50.5 Å². The maximum absolute atomic E-state index is 15.1. The molecule has 0 unspecified atom stereocenters. The minimum Gasteiger partial charge on any atom is -0.386 e. The van der Waals surface area contributed by atoms with Gasteiger partial charge in [0.2, 0.25) is 0 Å². The summed E-state index contributed by atoms with van der Waals surface area (Å²) in [5.74, 6) is 0.606. The smallest absolute Gasteiger partial charge is 0.354 e. The number of benzene rings is 2. The van der Waals surface area contributed by atoms with Crippen molar-refractivity contribution in [2.24, 2.45) is 22.4 Å². The van der Waals surface area contributed by atoms with Crippen molar-refractivity contribution in [2.75, 3.05) is 6.54 Å². The Morgan fingerprint density at radius 3 is 2.68 bits per heavy atom. The van der Waals surface area contributed by atoms with E-state index in [1.54, 1.807) is 12.3 Å². The van der Waals surface area contributed by atoms with Gasteiger partial charge in [0.15, 0.2) is 5.82 Å². The maximum atomic E-state index is 15.1. The molecule has 0 amide bonds. The molecular weight excluding hydrogens is 577 g/mol. The molecule has 0 radical (unpaired) electrons. The van der Waals surface area contributed by atoms with Gasteiger partial charge in [-0.3, -0.25) is 9.56 Å². The van der Waals surface area contributed by atoms with Crippen LogP contribution in [0.4, 0.5) is 4.39 Å². The predicted molar refractivity (Wildman–Crippen MR) is 178 cm³/mol. The number of hydrogen-bond donors (Lipinski definition) is 4. The lowest BCUT2D eigenvalue weighted by atomic mass is 9.92. The lowest BCUT2D eigenvalue weighted by molar-refractivity contribution is 0.315. The molecule has 3 atom stereocenters. The van der Waals surface area contributed by atoms with Crippen LogP contribution >= 0.6 is 11.6 Å². The Kier molecular flexibility index (Phi) is 10.2. The van der Waals surface area contributed by atoms with Crippen molar-refractivity contribution in [1.29, 1.82) is 0 Å². The Hall–Kier alpha value is -3.53. The topological polar surface area (TPSA) is 127 Å². The number of nitrogens with two attached hydrogens (primary N) is 2. The van der Waals surface area contributed by atoms with Crippen LogP contribution in [0.3, 0.4) is 0 Å². The Morgan fingerprint density at radius 1 is 1.18 bits per heavy atom. The molecule has 2 aromatic heterocycles. The molecule has 5 rings (SSSR count). The van der Waals surface area contributed by atoms with Crippen LogP contribution in [0.1, 0.15) is 76.5 Å². The van der Waals surface area contributed by atoms with E-state index < -0.39 is 11.5 Å². The van der Waals surface area contributed by atoms with E-state index in [-0.39, 0.29) is 17.1 Å². The fraction of sp³-hybridized carbons (Fsp3) is 0.441. The number of fused-ring (bicyclic) bond motifs is 1. The molecule has 2 aromatic carbocycles. The zero-order valence-electron chi connectivity index (χ0n) is 25.7. The molecule has 1 aliphatic rings. The summed E-state index contributed by atoms with van der Waals surface area (Å²) in [5, 5.41) is 4.54. The highest BCUT2D eigenvalue weighted by Crippen LogP contribution is 2.32. The van der Waals surface area contributed by atoms with Gasteiger partial charge in [-0.05, 0) is 86.4 Å². The second-order valence-electron chi connectivity index (χ2n) is 12.4. The van der Waals surface area contributed by atoms with Gasteiger partial charge in [-0.2, -0.15) is 4.98 Å². The highest BCUT2D eigenvalue weighted by molar-refractivity contribution is 6.31. The highest BCUT2D eigenvalue weighted by atomic mass is 35.5. The third-order valence-corrected chi connectivity index (χ3v) is 8.70. The number of piperidine rings is 1. The summed E-state index contributed by atoms with van der Waals surface area (Å²) >= 11 is 6.28. The predicted octanol–water partition coefficient (Wildman–Crippen LogP) is 6.43. The van der Waals surface area contributed by atoms with Gasteiger partial charge in [0, 0.05) is 35.8 Å². The summed E-state index contributed by atoms with van der Waals surface area (Å²) in [6.07, 6.45) is 8.82. The number of aliphatic imine (C=N–C) groups is 1. The van der Waals surface area contributed by atoms with Gasteiger partial charge < -0.3 is 21.8 Å². The number of nitrogens with zero attached hydrogens (tertiary/aromatic N) is 3. The van der Waals surface area contributed by atoms with Gasteiger partial charge in [0.05, 0.1) is 22.4 Å². The summed E-state index contributed by atoms with van der Waals surface area (Å²) in [4.78, 5) is 24.8. The summed E-state index contributed by atoms with van der Waals surface area (Å²) < 4.78 is 16.7. The van der Waals surface area contributed by atoms with Crippen LogP contribution in [-0.4, -0.2) is 39.0 Å². The first-order valence-corrected chi connectivity index (χ1v) is 16.0. The van der Waals surface area contributed by atoms with Crippen molar-refractivity contribution in [2.45, 2.75) is 83.8 Å². The van der Waals surface area contributed by atoms with Gasteiger partial charge in [-0.25, -0.2) is 9.18 Å². The van der Waals surface area contributed by atoms with E-state index in [0.29, 0.717) is 52.3 Å². The van der Waals surface area contributed by atoms with Gasteiger partial charge in [0.25, 0.3) is 0 Å². The molecule has 44 heavy (non-hydrogen) atoms. The number of rotatable bonds is 11. The second-order valence-corrected chi connectivity index (χ2v) is 12.8. The van der Waals surface area contributed by atoms with Crippen molar-refractivity contribution in [3.8, 4) is 16.9 Å². The largest absolute Gasteiger partial charge is 0.386 e. The fourth-order valence-corrected chi connectivity index (χ4v) is 6.14. The molecule has 0 spiro atoms. The van der Waals surface area contributed by atoms with Crippen molar-refractivity contribution >= 4 is 28.5 Å². The normalized spacial score (nSPS) is 18.3. The molecular formula is C34H43ClFN7O. The maximum Gasteiger partial charge on any atom is 0.354 e. The van der Waals surface area contributed by atoms with Crippen LogP contribution < -0.4 is 22.5 Å². The summed E-state index contributed by atoms with van der Waals surface area (Å²) in [7, 11) is 0. The van der Waals surface area contributed by atoms with Crippen molar-refractivity contribution in [1.82, 2.24) is 19.9 Å². The Morgan fingerprint density at radius 2 is 1.95 bits per heavy atom. The van der Waals surface area contributed by atoms with Crippen LogP contribution in [0.15, 0.2) is 58.4 Å². The molecule has 10 heteroatoms. The number of nitrogens with one attached hydrogen (secondary N) is 2. The van der Waals surface area contributed by atoms with Crippen molar-refractivity contribution in [3.63, 3.8) is 0 Å². The van der Waals surface area contributed by atoms with Crippen LogP contribution in [0, 0.1) is 11.7 Å². The molecule has 0 aliphatic carbocycles. The standard InChI is InChI=1S/C34H43ClFN7O/c1-20(2)6-4-7-22-16-27(31(36)28(35)17-22)30-18-24-19-43(34(44)42-33(24)41-30)26-12-10-23(11-13-26)29-9-5-8-25(40-29)14-15-39-32(38)21(3)37/h10-13,16-21,25,29,40H,4-9,14-15,37H2,1-3H3,(H2,38,39)(H,41,42,44)/t21-,25-,29-/m0/s1. The minimum absolute atomic E-state index is 0.0894. The number of aromatic nitrogens is 3. The molecule has 1 saturated heterocycles. The van der Waals surface area contributed by atoms with Crippen LogP contribution in [0.2, 0.25) is 5.02 Å². The molecule has 3 heterocycles. The number of amidine groups is 1. The minimum atomic E-state index is -0.489. The van der Waals surface area contributed by atoms with E-state index in [2.05, 4.69) is 46.3 Å². The summed E-state index contributed by atoms with van der Waals surface area (Å²) in [6.45, 7) is 6.87. The molecule has 0 bridgehead atoms. The Balaban J connectivity index is 1.32. The third kappa shape index (κ3) is 7.57. The lowest BCUT2D eigenvalue weighted by Crippen LogP contribution is -2.38. The average Bonchev–Trinajstić information content (AvgIpc) is 3.41. The van der Waals surface area contributed by atoms with E-state index in [9.17, 15) is 4.79 Å². The molecule has 234 valence electrons. The Labute approximate surface area is 263 Å². The zero-order valence-corrected chi connectivity index (χ0v) is 26.5. The summed E-state index contributed by atoms with van der Waals surface area (Å²) in [5.41, 5.74) is 15.4. The zero-order chi connectivity index (χ0) is 31.4. The van der Waals surface area contributed by atoms with Gasteiger partial charge in [0.1, 0.15) is 11.5 Å². The second kappa shape index (κ2) is 14.1. The number of halogens is 2.